The molecular formula is C44H56NO15P. The van der Waals surface area contributed by atoms with Crippen LogP contribution in [0.15, 0.2) is 71.8 Å². The minimum atomic E-state index is -5.00. The zero-order valence-corrected chi connectivity index (χ0v) is 36.2. The second-order valence-corrected chi connectivity index (χ2v) is 18.6. The summed E-state index contributed by atoms with van der Waals surface area (Å²) in [5.41, 5.74) is -4.44. The first-order valence-electron chi connectivity index (χ1n) is 20.4. The van der Waals surface area contributed by atoms with Gasteiger partial charge < -0.3 is 43.9 Å². The third kappa shape index (κ3) is 9.33. The molecule has 1 amide bonds. The van der Waals surface area contributed by atoms with E-state index in [4.69, 9.17) is 23.7 Å². The van der Waals surface area contributed by atoms with Gasteiger partial charge in [-0.25, -0.2) is 4.57 Å². The van der Waals surface area contributed by atoms with Gasteiger partial charge in [-0.15, -0.1) is 0 Å². The zero-order valence-electron chi connectivity index (χ0n) is 35.3. The summed E-state index contributed by atoms with van der Waals surface area (Å²) in [6.07, 6.45) is -4.87. The maximum absolute atomic E-state index is 15.7. The van der Waals surface area contributed by atoms with Crippen molar-refractivity contribution in [1.29, 1.82) is 0 Å². The summed E-state index contributed by atoms with van der Waals surface area (Å²) in [5.74, 6) is -3.60. The van der Waals surface area contributed by atoms with Gasteiger partial charge in [0.25, 0.3) is 5.91 Å². The second kappa shape index (κ2) is 17.9. The molecule has 0 unspecified atom stereocenters. The number of hydrogen-bond acceptors (Lipinski definition) is 13. The lowest BCUT2D eigenvalue weighted by atomic mass is 9.49. The maximum atomic E-state index is 15.7. The fraction of sp³-hybridized carbons (Fsp3) is 0.568. The summed E-state index contributed by atoms with van der Waals surface area (Å²) >= 11 is 0. The van der Waals surface area contributed by atoms with E-state index in [1.807, 2.05) is 6.07 Å². The fourth-order valence-electron chi connectivity index (χ4n) is 9.95. The van der Waals surface area contributed by atoms with E-state index in [0.29, 0.717) is 22.3 Å². The number of carbonyl (C=O) groups excluding carboxylic acids is 5. The summed E-state index contributed by atoms with van der Waals surface area (Å²) in [5, 5.41) is 16.2. The molecule has 0 spiro atoms. The first kappa shape index (κ1) is 46.4. The van der Waals surface area contributed by atoms with Crippen molar-refractivity contribution >= 4 is 37.2 Å². The number of nitrogens with one attached hydrogen (secondary N) is 1. The number of esters is 2. The first-order valence-corrected chi connectivity index (χ1v) is 22.0. The van der Waals surface area contributed by atoms with Gasteiger partial charge in [-0.1, -0.05) is 62.4 Å². The highest BCUT2D eigenvalue weighted by Crippen LogP contribution is 2.63. The SMILES string of the molecule is CC(=O)CCO[C@H]1C(=O)[C@]2(C)[C@@H](OCOP(=O)(O)O)CC[C@H]3OC[C@@]3(OC(C)=O)[C@H]2C[C@]2(O)C[C@H](OC(=O)C[C@@H](NC(=O)c3ccccc3)c3ccccc3)C(C)=C1C2(C)C. The van der Waals surface area contributed by atoms with Gasteiger partial charge in [0.05, 0.1) is 42.8 Å². The molecule has 2 bridgehead atoms. The van der Waals surface area contributed by atoms with Crippen LogP contribution in [0.25, 0.3) is 0 Å². The first-order chi connectivity index (χ1) is 28.6. The molecule has 4 N–H and O–H groups in total. The van der Waals surface area contributed by atoms with Crippen LogP contribution in [-0.4, -0.2) is 99.9 Å². The van der Waals surface area contributed by atoms with Crippen molar-refractivity contribution in [2.24, 2.45) is 16.7 Å². The van der Waals surface area contributed by atoms with E-state index in [2.05, 4.69) is 9.84 Å². The summed E-state index contributed by atoms with van der Waals surface area (Å²) in [4.78, 5) is 87.3. The van der Waals surface area contributed by atoms with Gasteiger partial charge in [0, 0.05) is 36.7 Å². The minimum absolute atomic E-state index is 0.0573. The lowest BCUT2D eigenvalue weighted by molar-refractivity contribution is -0.294. The monoisotopic (exact) mass is 869 g/mol. The Bertz CT molecular complexity index is 2070. The minimum Gasteiger partial charge on any atom is -0.458 e. The number of benzene rings is 2. The number of Topliss-reactive ketones (excluding diaryl/α,β-unsaturated/α-hetero) is 2. The third-order valence-corrected chi connectivity index (χ3v) is 13.8. The Morgan fingerprint density at radius 1 is 0.951 bits per heavy atom. The number of phosphoric acid groups is 1. The van der Waals surface area contributed by atoms with Crippen molar-refractivity contribution in [2.75, 3.05) is 20.0 Å². The molecular weight excluding hydrogens is 813 g/mol. The highest BCUT2D eigenvalue weighted by molar-refractivity contribution is 7.46. The normalized spacial score (nSPS) is 31.2. The number of phosphoric ester groups is 1. The summed E-state index contributed by atoms with van der Waals surface area (Å²) in [6, 6.07) is 16.7. The smallest absolute Gasteiger partial charge is 0.458 e. The van der Waals surface area contributed by atoms with Crippen LogP contribution in [0.2, 0.25) is 0 Å². The van der Waals surface area contributed by atoms with Crippen LogP contribution >= 0.6 is 7.82 Å². The Morgan fingerprint density at radius 3 is 2.20 bits per heavy atom. The number of rotatable bonds is 15. The van der Waals surface area contributed by atoms with Crippen LogP contribution < -0.4 is 5.32 Å². The van der Waals surface area contributed by atoms with Crippen LogP contribution in [0.3, 0.4) is 0 Å². The predicted octanol–water partition coefficient (Wildman–Crippen LogP) is 4.84. The van der Waals surface area contributed by atoms with E-state index >= 15 is 4.79 Å². The second-order valence-electron chi connectivity index (χ2n) is 17.4. The molecule has 1 aliphatic heterocycles. The van der Waals surface area contributed by atoms with Gasteiger partial charge in [0.2, 0.25) is 0 Å². The molecule has 16 nitrogen and oxygen atoms in total. The van der Waals surface area contributed by atoms with Gasteiger partial charge in [-0.05, 0) is 68.9 Å². The maximum Gasteiger partial charge on any atom is 0.471 e. The number of aliphatic hydroxyl groups is 1. The molecule has 9 atom stereocenters. The lowest BCUT2D eigenvalue weighted by Crippen LogP contribution is -2.72. The molecule has 6 rings (SSSR count). The van der Waals surface area contributed by atoms with Crippen molar-refractivity contribution < 1.29 is 71.6 Å². The summed E-state index contributed by atoms with van der Waals surface area (Å²) in [7, 11) is -5.00. The van der Waals surface area contributed by atoms with Crippen LogP contribution in [0, 0.1) is 16.7 Å². The van der Waals surface area contributed by atoms with Crippen LogP contribution in [0.1, 0.15) is 102 Å². The molecule has 2 saturated carbocycles. The summed E-state index contributed by atoms with van der Waals surface area (Å²) in [6.45, 7) is 8.22. The standard InChI is InChI=1S/C44H56NO15P/c1-26(46)19-20-55-38-37-27(2)32(59-36(48)21-31(29-13-9-7-10-14-29)45-40(50)30-15-11-8-12-16-30)22-43(51,41(37,4)5)23-33-42(6,39(38)49)34(57-25-58-61(52,53)54)17-18-35-44(33,24-56-35)60-28(3)47/h7-16,31-35,38,51H,17-25H2,1-6H3,(H,45,50)(H2,52,53,54)/t31-,32+,33+,34+,35-,38-,42+,43-,44-/m1/s1. The zero-order chi connectivity index (χ0) is 44.5. The quantitative estimate of drug-likeness (QED) is 0.0812. The highest BCUT2D eigenvalue weighted by Gasteiger charge is 2.72. The Balaban J connectivity index is 1.44. The van der Waals surface area contributed by atoms with Gasteiger partial charge in [0.15, 0.2) is 18.2 Å². The third-order valence-electron chi connectivity index (χ3n) is 13.3. The number of fused-ring (bicyclic) bond motifs is 5. The average Bonchev–Trinajstić information content (AvgIpc) is 3.23. The number of ketones is 2. The van der Waals surface area contributed by atoms with Crippen molar-refractivity contribution in [2.45, 2.75) is 122 Å². The molecule has 17 heteroatoms. The molecule has 4 aliphatic rings. The van der Waals surface area contributed by atoms with E-state index in [-0.39, 0.29) is 57.5 Å². The number of amides is 1. The molecule has 332 valence electrons. The highest BCUT2D eigenvalue weighted by atomic mass is 31.2. The molecule has 2 aromatic carbocycles. The van der Waals surface area contributed by atoms with E-state index in [1.54, 1.807) is 82.3 Å². The van der Waals surface area contributed by atoms with Crippen LogP contribution in [0.5, 0.6) is 0 Å². The lowest BCUT2D eigenvalue weighted by Gasteiger charge is -2.62. The molecule has 1 heterocycles. The topological polar surface area (TPSA) is 231 Å². The van der Waals surface area contributed by atoms with Crippen molar-refractivity contribution in [3.05, 3.63) is 82.9 Å². The molecule has 0 aromatic heterocycles. The summed E-state index contributed by atoms with van der Waals surface area (Å²) < 4.78 is 47.2. The van der Waals surface area contributed by atoms with Crippen molar-refractivity contribution in [1.82, 2.24) is 5.32 Å². The molecule has 2 aromatic rings. The van der Waals surface area contributed by atoms with E-state index in [0.717, 1.165) is 0 Å². The molecule has 1 saturated heterocycles. The number of carbonyl (C=O) groups is 5. The molecule has 3 fully saturated rings. The van der Waals surface area contributed by atoms with Gasteiger partial charge in [0.1, 0.15) is 24.1 Å². The van der Waals surface area contributed by atoms with Gasteiger partial charge >= 0.3 is 19.8 Å². The number of hydrogen-bond donors (Lipinski definition) is 4. The van der Waals surface area contributed by atoms with Crippen LogP contribution in [0.4, 0.5) is 0 Å². The molecule has 0 radical (unpaired) electrons. The molecule has 61 heavy (non-hydrogen) atoms. The predicted molar refractivity (Wildman–Crippen MR) is 216 cm³/mol. The van der Waals surface area contributed by atoms with Crippen molar-refractivity contribution in [3.8, 4) is 0 Å². The van der Waals surface area contributed by atoms with E-state index in [1.165, 1.54) is 13.8 Å². The van der Waals surface area contributed by atoms with E-state index < -0.39 is 96.7 Å². The fourth-order valence-corrected chi connectivity index (χ4v) is 10.1. The van der Waals surface area contributed by atoms with Crippen LogP contribution in [-0.2, 0) is 52.0 Å². The largest absolute Gasteiger partial charge is 0.471 e. The van der Waals surface area contributed by atoms with Crippen molar-refractivity contribution in [3.63, 3.8) is 0 Å². The van der Waals surface area contributed by atoms with E-state index in [9.17, 15) is 38.6 Å². The Kier molecular flexibility index (Phi) is 13.6. The average molecular weight is 870 g/mol. The molecule has 3 aliphatic carbocycles. The van der Waals surface area contributed by atoms with Gasteiger partial charge in [-0.3, -0.25) is 28.5 Å². The Labute approximate surface area is 354 Å². The Morgan fingerprint density at radius 2 is 1.61 bits per heavy atom. The van der Waals surface area contributed by atoms with Gasteiger partial charge in [-0.2, -0.15) is 0 Å². The Hall–Kier alpha value is -4.12. The number of ether oxygens (including phenoxy) is 5.